The number of amides is 2. The van der Waals surface area contributed by atoms with Gasteiger partial charge in [-0.3, -0.25) is 14.4 Å². The van der Waals surface area contributed by atoms with Gasteiger partial charge in [-0.05, 0) is 31.6 Å². The maximum atomic E-state index is 13.6. The van der Waals surface area contributed by atoms with Gasteiger partial charge in [-0.15, -0.1) is 0 Å². The molecule has 228 valence electrons. The Morgan fingerprint density at radius 1 is 1.12 bits per heavy atom. The molecule has 0 fully saturated rings. The Morgan fingerprint density at radius 2 is 1.80 bits per heavy atom. The fraction of sp³-hybridized carbons (Fsp3) is 0.630. The van der Waals surface area contributed by atoms with Gasteiger partial charge in [-0.1, -0.05) is 38.5 Å². The molecule has 41 heavy (non-hydrogen) atoms. The first-order valence-electron chi connectivity index (χ1n) is 13.8. The number of carboxylic acids is 1. The summed E-state index contributed by atoms with van der Waals surface area (Å²) < 4.78 is 65.1. The molecule has 1 aromatic carbocycles. The summed E-state index contributed by atoms with van der Waals surface area (Å²) in [7, 11) is -5.83. The van der Waals surface area contributed by atoms with E-state index in [9.17, 15) is 41.1 Å². The van der Waals surface area contributed by atoms with Gasteiger partial charge in [0.15, 0.2) is 6.21 Å². The molecule has 4 N–H and O–H groups in total. The second kappa shape index (κ2) is 13.8. The smallest absolute Gasteiger partial charge is 0.481 e. The summed E-state index contributed by atoms with van der Waals surface area (Å²) in [6.07, 6.45) is 5.74. The highest BCUT2D eigenvalue weighted by molar-refractivity contribution is 7.90. The number of carboxylic acid groups (broad SMARTS) is 1. The number of halogens is 3. The number of alkyl halides is 3. The third-order valence-electron chi connectivity index (χ3n) is 7.42. The van der Waals surface area contributed by atoms with Gasteiger partial charge >= 0.3 is 21.5 Å². The van der Waals surface area contributed by atoms with Gasteiger partial charge in [0.2, 0.25) is 17.5 Å². The molecule has 2 unspecified atom stereocenters. The third kappa shape index (κ3) is 8.51. The molecule has 2 aliphatic rings. The number of fused-ring (bicyclic) bond motifs is 4. The quantitative estimate of drug-likeness (QED) is 0.320. The van der Waals surface area contributed by atoms with Crippen LogP contribution in [-0.4, -0.2) is 73.3 Å². The first kappa shape index (κ1) is 32.5. The number of para-hydroxylation sites is 1. The Bertz CT molecular complexity index is 1250. The number of aliphatic carboxylic acids is 1. The third-order valence-corrected chi connectivity index (χ3v) is 8.57. The van der Waals surface area contributed by atoms with Crippen LogP contribution >= 0.6 is 0 Å². The summed E-state index contributed by atoms with van der Waals surface area (Å²) in [5, 5.41) is 15.3. The lowest BCUT2D eigenvalue weighted by Gasteiger charge is -2.28. The number of sulfonamides is 1. The predicted octanol–water partition coefficient (Wildman–Crippen LogP) is 2.87. The minimum absolute atomic E-state index is 0.0585. The number of carbonyl (C=O) groups is 3. The van der Waals surface area contributed by atoms with Crippen LogP contribution < -0.4 is 15.4 Å². The minimum Gasteiger partial charge on any atom is -0.481 e. The number of hydrogen-bond donors (Lipinski definition) is 4. The van der Waals surface area contributed by atoms with Crippen LogP contribution in [0.15, 0.2) is 24.3 Å². The Hall–Kier alpha value is -3.00. The van der Waals surface area contributed by atoms with Crippen LogP contribution in [0.1, 0.15) is 63.9 Å². The van der Waals surface area contributed by atoms with E-state index >= 15 is 0 Å². The maximum absolute atomic E-state index is 13.6. The number of nitrogens with one attached hydrogen (secondary N) is 3. The van der Waals surface area contributed by atoms with E-state index in [1.54, 1.807) is 13.8 Å². The second-order valence-electron chi connectivity index (χ2n) is 11.0. The van der Waals surface area contributed by atoms with Crippen LogP contribution in [0.5, 0.6) is 0 Å². The highest BCUT2D eigenvalue weighted by Crippen LogP contribution is 2.35. The Labute approximate surface area is 237 Å². The summed E-state index contributed by atoms with van der Waals surface area (Å²) in [5.74, 6) is -6.62. The molecule has 2 aliphatic heterocycles. The number of carbonyl (C=O) groups excluding carboxylic acids is 2. The number of benzene rings is 1. The lowest BCUT2D eigenvalue weighted by atomic mass is 9.84. The van der Waals surface area contributed by atoms with Crippen LogP contribution in [0, 0.1) is 17.8 Å². The zero-order valence-electron chi connectivity index (χ0n) is 23.1. The van der Waals surface area contributed by atoms with Crippen molar-refractivity contribution in [3.8, 4) is 0 Å². The van der Waals surface area contributed by atoms with Crippen molar-refractivity contribution in [1.82, 2.24) is 15.4 Å². The molecule has 2 heterocycles. The van der Waals surface area contributed by atoms with E-state index < -0.39 is 57.7 Å². The Morgan fingerprint density at radius 3 is 2.46 bits per heavy atom. The molecule has 1 aromatic rings. The predicted molar refractivity (Wildman–Crippen MR) is 145 cm³/mol. The van der Waals surface area contributed by atoms with E-state index in [2.05, 4.69) is 15.2 Å². The monoisotopic (exact) mass is 603 g/mol. The van der Waals surface area contributed by atoms with E-state index in [0.29, 0.717) is 6.54 Å². The average molecular weight is 604 g/mol. The Kier molecular flexibility index (Phi) is 10.9. The molecule has 14 heteroatoms. The molecular weight excluding hydrogens is 565 g/mol. The Balaban J connectivity index is 1.88. The van der Waals surface area contributed by atoms with Gasteiger partial charge in [0.1, 0.15) is 12.6 Å². The van der Waals surface area contributed by atoms with Crippen LogP contribution in [0.3, 0.4) is 0 Å². The molecule has 0 aromatic heterocycles. The first-order chi connectivity index (χ1) is 19.2. The van der Waals surface area contributed by atoms with Gasteiger partial charge in [0, 0.05) is 31.1 Å². The summed E-state index contributed by atoms with van der Waals surface area (Å²) in [4.78, 5) is 38.9. The highest BCUT2D eigenvalue weighted by Gasteiger charge is 2.47. The van der Waals surface area contributed by atoms with E-state index in [1.165, 1.54) is 4.72 Å². The molecule has 0 saturated carbocycles. The standard InChI is InChI=1S/C27H37F3N4O6S/c1-17(2)13-20(21(26(37)38)15-32-41(39,40)27(28,29)30)24(35)33-22-14-18-16-34(23-10-6-5-9-19(18)23)12-8-4-3-7-11-31-25(22)36/h5-6,9-10,16-18,20-22,32H,3-4,7-8,11-15H2,1-2H3,(H2-,31,33,35,36,37,38)/p+1/t18?,20-,21?,22+/m1/s1. The van der Waals surface area contributed by atoms with Crippen molar-refractivity contribution in [2.45, 2.75) is 69.8 Å². The minimum atomic E-state index is -5.83. The van der Waals surface area contributed by atoms with Crippen LogP contribution in [0.2, 0.25) is 0 Å². The molecule has 3 rings (SSSR count). The van der Waals surface area contributed by atoms with Gasteiger partial charge in [-0.25, -0.2) is 17.7 Å². The van der Waals surface area contributed by atoms with Gasteiger partial charge < -0.3 is 15.7 Å². The molecule has 2 amide bonds. The second-order valence-corrected chi connectivity index (χ2v) is 12.7. The summed E-state index contributed by atoms with van der Waals surface area (Å²) >= 11 is 0. The van der Waals surface area contributed by atoms with Crippen molar-refractivity contribution < 1.29 is 45.7 Å². The molecule has 0 radical (unpaired) electrons. The zero-order valence-corrected chi connectivity index (χ0v) is 23.9. The van der Waals surface area contributed by atoms with Crippen molar-refractivity contribution >= 4 is 39.7 Å². The lowest BCUT2D eigenvalue weighted by Crippen LogP contribution is -2.52. The largest absolute Gasteiger partial charge is 0.511 e. The highest BCUT2D eigenvalue weighted by atomic mass is 32.2. The topological polar surface area (TPSA) is 145 Å². The van der Waals surface area contributed by atoms with Crippen LogP contribution in [0.25, 0.3) is 0 Å². The number of rotatable bonds is 9. The molecule has 0 saturated heterocycles. The summed E-state index contributed by atoms with van der Waals surface area (Å²) in [5.41, 5.74) is -3.64. The fourth-order valence-electron chi connectivity index (χ4n) is 5.33. The van der Waals surface area contributed by atoms with Gasteiger partial charge in [-0.2, -0.15) is 13.2 Å². The van der Waals surface area contributed by atoms with Crippen LogP contribution in [-0.2, 0) is 24.4 Å². The van der Waals surface area contributed by atoms with Crippen LogP contribution in [0.4, 0.5) is 18.9 Å². The summed E-state index contributed by atoms with van der Waals surface area (Å²) in [6.45, 7) is 3.45. The zero-order chi connectivity index (χ0) is 30.4. The molecule has 0 aliphatic carbocycles. The van der Waals surface area contributed by atoms with E-state index in [-0.39, 0.29) is 24.7 Å². The SMILES string of the molecule is CC(C)C[C@@H](C(=O)N[C@H]1CC2C=[N+](CCCCCCNC1=O)c1ccccc12)C(CNS(=O)(=O)C(F)(F)F)C(=O)O. The number of hydrogen-bond acceptors (Lipinski definition) is 5. The molecule has 0 spiro atoms. The van der Waals surface area contributed by atoms with Gasteiger partial charge in [0.05, 0.1) is 17.8 Å². The normalized spacial score (nSPS) is 21.8. The van der Waals surface area contributed by atoms with Gasteiger partial charge in [0.25, 0.3) is 0 Å². The van der Waals surface area contributed by atoms with E-state index in [0.717, 1.165) is 43.5 Å². The molecule has 10 nitrogen and oxygen atoms in total. The van der Waals surface area contributed by atoms with E-state index in [1.807, 2.05) is 30.5 Å². The molecule has 4 atom stereocenters. The van der Waals surface area contributed by atoms with Crippen molar-refractivity contribution in [2.24, 2.45) is 17.8 Å². The van der Waals surface area contributed by atoms with Crippen molar-refractivity contribution in [1.29, 1.82) is 0 Å². The number of nitrogens with zero attached hydrogens (tertiary/aromatic N) is 1. The fourth-order valence-corrected chi connectivity index (χ4v) is 5.89. The summed E-state index contributed by atoms with van der Waals surface area (Å²) in [6, 6.07) is 6.69. The molecular formula is C27H38F3N4O6S+. The molecule has 2 bridgehead atoms. The van der Waals surface area contributed by atoms with Crippen molar-refractivity contribution in [3.05, 3.63) is 29.8 Å². The average Bonchev–Trinajstić information content (AvgIpc) is 3.23. The maximum Gasteiger partial charge on any atom is 0.511 e. The lowest BCUT2D eigenvalue weighted by molar-refractivity contribution is -0.433. The van der Waals surface area contributed by atoms with Crippen molar-refractivity contribution in [3.63, 3.8) is 0 Å². The first-order valence-corrected chi connectivity index (χ1v) is 15.3. The van der Waals surface area contributed by atoms with Crippen molar-refractivity contribution in [2.75, 3.05) is 19.6 Å². The van der Waals surface area contributed by atoms with E-state index in [4.69, 9.17) is 0 Å².